The highest BCUT2D eigenvalue weighted by molar-refractivity contribution is 6.42. The molecule has 0 aromatic heterocycles. The lowest BCUT2D eigenvalue weighted by Gasteiger charge is -2.04. The number of benzene rings is 1. The fourth-order valence-corrected chi connectivity index (χ4v) is 2.78. The highest BCUT2D eigenvalue weighted by atomic mass is 35.5. The number of hydrogen-bond acceptors (Lipinski definition) is 3. The van der Waals surface area contributed by atoms with Gasteiger partial charge in [0.05, 0.1) is 10.0 Å². The zero-order valence-corrected chi connectivity index (χ0v) is 12.2. The van der Waals surface area contributed by atoms with Crippen LogP contribution in [-0.4, -0.2) is 28.5 Å². The van der Waals surface area contributed by atoms with E-state index in [1.165, 1.54) is 6.92 Å². The molecule has 1 aliphatic heterocycles. The third kappa shape index (κ3) is 2.55. The van der Waals surface area contributed by atoms with Crippen molar-refractivity contribution in [3.63, 3.8) is 0 Å². The van der Waals surface area contributed by atoms with E-state index in [2.05, 4.69) is 0 Å². The second-order valence-electron chi connectivity index (χ2n) is 4.85. The van der Waals surface area contributed by atoms with Gasteiger partial charge in [-0.05, 0) is 17.7 Å². The Hall–Kier alpha value is -1.46. The molecule has 2 rings (SSSR count). The Kier molecular flexibility index (Phi) is 4.11. The highest BCUT2D eigenvalue weighted by Gasteiger charge is 2.56. The van der Waals surface area contributed by atoms with Gasteiger partial charge in [0.2, 0.25) is 17.7 Å². The Morgan fingerprint density at radius 3 is 2.50 bits per heavy atom. The number of carbonyl (C=O) groups is 2. The summed E-state index contributed by atoms with van der Waals surface area (Å²) < 4.78 is 0.639. The predicted molar refractivity (Wildman–Crippen MR) is 74.7 cm³/mol. The third-order valence-corrected chi connectivity index (χ3v) is 4.28. The number of halogens is 2. The number of ketones is 1. The van der Waals surface area contributed by atoms with Crippen molar-refractivity contribution in [3.05, 3.63) is 38.7 Å². The van der Waals surface area contributed by atoms with Crippen molar-refractivity contribution >= 4 is 34.9 Å². The number of primary amides is 1. The van der Waals surface area contributed by atoms with Crippen molar-refractivity contribution < 1.29 is 14.3 Å². The van der Waals surface area contributed by atoms with E-state index < -0.39 is 29.7 Å². The van der Waals surface area contributed by atoms with Crippen LogP contribution in [0.2, 0.25) is 10.0 Å². The van der Waals surface area contributed by atoms with E-state index in [1.807, 2.05) is 0 Å². The fourth-order valence-electron chi connectivity index (χ4n) is 2.46. The summed E-state index contributed by atoms with van der Waals surface area (Å²) >= 11 is 11.7. The van der Waals surface area contributed by atoms with Crippen LogP contribution in [0.4, 0.5) is 0 Å². The van der Waals surface area contributed by atoms with E-state index in [9.17, 15) is 14.5 Å². The van der Waals surface area contributed by atoms with Crippen LogP contribution in [0.1, 0.15) is 12.5 Å². The molecule has 3 atom stereocenters. The topological polar surface area (TPSA) is 80.2 Å². The Morgan fingerprint density at radius 1 is 1.35 bits per heavy atom. The standard InChI is InChI=1S/C13H12Cl2N2O3/c1-6-11(13(16)19)12(18)10(17(6)20)5-7-2-3-8(14)9(15)4-7/h2-4,6,10-11H,5H2,1H3,(H-,16,19)/p+1. The molecular formula is C13H13Cl2N2O3+. The summed E-state index contributed by atoms with van der Waals surface area (Å²) in [6.45, 7) is 1.52. The molecule has 5 nitrogen and oxygen atoms in total. The number of rotatable bonds is 3. The van der Waals surface area contributed by atoms with Crippen LogP contribution in [0.25, 0.3) is 0 Å². The average Bonchev–Trinajstić information content (AvgIpc) is 2.58. The molecule has 0 spiro atoms. The molecule has 20 heavy (non-hydrogen) atoms. The molecule has 1 aromatic carbocycles. The molecule has 1 aromatic rings. The minimum Gasteiger partial charge on any atom is -0.369 e. The van der Waals surface area contributed by atoms with Crippen molar-refractivity contribution in [2.75, 3.05) is 0 Å². The minimum atomic E-state index is -1.06. The molecule has 0 radical (unpaired) electrons. The summed E-state index contributed by atoms with van der Waals surface area (Å²) in [5, 5.41) is 0.752. The van der Waals surface area contributed by atoms with E-state index in [-0.39, 0.29) is 6.42 Å². The maximum absolute atomic E-state index is 12.1. The Balaban J connectivity index is 2.25. The van der Waals surface area contributed by atoms with E-state index in [4.69, 9.17) is 28.9 Å². The second-order valence-corrected chi connectivity index (χ2v) is 5.67. The van der Waals surface area contributed by atoms with E-state index in [0.29, 0.717) is 20.4 Å². The van der Waals surface area contributed by atoms with Crippen LogP contribution in [0.3, 0.4) is 0 Å². The normalized spacial score (nSPS) is 26.1. The summed E-state index contributed by atoms with van der Waals surface area (Å²) in [6, 6.07) is 3.24. The lowest BCUT2D eigenvalue weighted by Crippen LogP contribution is -2.34. The highest BCUT2D eigenvalue weighted by Crippen LogP contribution is 2.27. The largest absolute Gasteiger partial charge is 0.369 e. The quantitative estimate of drug-likeness (QED) is 0.681. The molecule has 0 bridgehead atoms. The molecule has 0 saturated carbocycles. The molecule has 1 aliphatic rings. The summed E-state index contributed by atoms with van der Waals surface area (Å²) in [7, 11) is 0. The van der Waals surface area contributed by atoms with Crippen molar-refractivity contribution in [1.29, 1.82) is 0 Å². The van der Waals surface area contributed by atoms with Crippen molar-refractivity contribution in [3.8, 4) is 0 Å². The van der Waals surface area contributed by atoms with Crippen molar-refractivity contribution in [1.82, 2.24) is 0 Å². The van der Waals surface area contributed by atoms with Gasteiger partial charge in [-0.2, -0.15) is 0 Å². The Bertz CT molecular complexity index is 603. The van der Waals surface area contributed by atoms with Crippen LogP contribution in [0.15, 0.2) is 18.2 Å². The maximum atomic E-state index is 12.1. The maximum Gasteiger partial charge on any atom is 0.264 e. The summed E-state index contributed by atoms with van der Waals surface area (Å²) in [6.07, 6.45) is 0.174. The minimum absolute atomic E-state index is 0.174. The average molecular weight is 316 g/mol. The van der Waals surface area contributed by atoms with Crippen LogP contribution in [0.5, 0.6) is 0 Å². The van der Waals surface area contributed by atoms with Crippen LogP contribution < -0.4 is 5.73 Å². The first-order chi connectivity index (χ1) is 9.32. The second kappa shape index (κ2) is 5.50. The smallest absolute Gasteiger partial charge is 0.264 e. The van der Waals surface area contributed by atoms with Gasteiger partial charge in [-0.15, -0.1) is 0 Å². The molecule has 1 fully saturated rings. The summed E-state index contributed by atoms with van der Waals surface area (Å²) in [5.41, 5.74) is 5.88. The number of amides is 1. The summed E-state index contributed by atoms with van der Waals surface area (Å²) in [4.78, 5) is 35.4. The third-order valence-electron chi connectivity index (χ3n) is 3.55. The number of hydrogen-bond donors (Lipinski definition) is 1. The zero-order chi connectivity index (χ0) is 15.0. The Labute approximate surface area is 125 Å². The fraction of sp³-hybridized carbons (Fsp3) is 0.385. The first-order valence-electron chi connectivity index (χ1n) is 6.05. The number of nitrogens with zero attached hydrogens (tertiary/aromatic N) is 1. The van der Waals surface area contributed by atoms with Gasteiger partial charge in [-0.3, -0.25) is 9.59 Å². The summed E-state index contributed by atoms with van der Waals surface area (Å²) in [5.74, 6) is -2.26. The van der Waals surface area contributed by atoms with Crippen molar-refractivity contribution in [2.45, 2.75) is 25.4 Å². The first kappa shape index (κ1) is 14.9. The van der Waals surface area contributed by atoms with Gasteiger partial charge < -0.3 is 5.73 Å². The number of Topliss-reactive ketones (excluding diaryl/α,β-unsaturated/α-hetero) is 1. The van der Waals surface area contributed by atoms with Gasteiger partial charge in [0.15, 0.2) is 5.92 Å². The molecule has 1 heterocycles. The molecule has 7 heteroatoms. The molecule has 2 N–H and O–H groups in total. The molecule has 106 valence electrons. The van der Waals surface area contributed by atoms with Gasteiger partial charge in [-0.25, -0.2) is 0 Å². The zero-order valence-electron chi connectivity index (χ0n) is 10.7. The lowest BCUT2D eigenvalue weighted by atomic mass is 9.95. The predicted octanol–water partition coefficient (Wildman–Crippen LogP) is 1.76. The molecular weight excluding hydrogens is 303 g/mol. The van der Waals surface area contributed by atoms with Gasteiger partial charge >= 0.3 is 0 Å². The van der Waals surface area contributed by atoms with Crippen LogP contribution in [0, 0.1) is 10.8 Å². The number of carbonyl (C=O) groups excluding carboxylic acids is 2. The van der Waals surface area contributed by atoms with Crippen LogP contribution in [-0.2, 0) is 16.0 Å². The van der Waals surface area contributed by atoms with Gasteiger partial charge in [0, 0.05) is 23.0 Å². The van der Waals surface area contributed by atoms with Crippen molar-refractivity contribution in [2.24, 2.45) is 11.7 Å². The molecule has 1 saturated heterocycles. The molecule has 3 unspecified atom stereocenters. The van der Waals surface area contributed by atoms with E-state index in [0.717, 1.165) is 0 Å². The SMILES string of the molecule is CC1C(C(N)=O)C(=O)C(Cc2ccc(Cl)c(Cl)c2)[N+]1=O. The Morgan fingerprint density at radius 2 is 2.00 bits per heavy atom. The number of nitrogens with two attached hydrogens (primary N) is 1. The van der Waals surface area contributed by atoms with E-state index in [1.54, 1.807) is 18.2 Å². The van der Waals surface area contributed by atoms with Gasteiger partial charge in [0.1, 0.15) is 0 Å². The molecule has 0 aliphatic carbocycles. The van der Waals surface area contributed by atoms with E-state index >= 15 is 0 Å². The van der Waals surface area contributed by atoms with Crippen LogP contribution >= 0.6 is 23.2 Å². The number of nitroso groups, excluding NO2 is 1. The van der Waals surface area contributed by atoms with Gasteiger partial charge in [-0.1, -0.05) is 29.3 Å². The first-order valence-corrected chi connectivity index (χ1v) is 6.81. The van der Waals surface area contributed by atoms with Gasteiger partial charge in [0.25, 0.3) is 6.04 Å². The molecule has 1 amide bonds. The lowest BCUT2D eigenvalue weighted by molar-refractivity contribution is -0.591. The monoisotopic (exact) mass is 315 g/mol.